The standard InChI is InChI=1S/C11H16N4OS/c1-8(15-17(16)11(2,3)4)10-7-13-9(5-12)6-14-10/h6-8,15H,1-4H3/t8-,17-/m0/s1. The molecule has 0 unspecified atom stereocenters. The van der Waals surface area contributed by atoms with Crippen LogP contribution in [0.1, 0.15) is 45.1 Å². The molecule has 1 aromatic rings. The van der Waals surface area contributed by atoms with Gasteiger partial charge in [0.2, 0.25) is 0 Å². The van der Waals surface area contributed by atoms with Gasteiger partial charge in [-0.15, -0.1) is 0 Å². The number of nitrogens with one attached hydrogen (secondary N) is 1. The van der Waals surface area contributed by atoms with Crippen LogP contribution in [-0.4, -0.2) is 18.9 Å². The van der Waals surface area contributed by atoms with Gasteiger partial charge in [0.05, 0.1) is 39.9 Å². The van der Waals surface area contributed by atoms with Crippen molar-refractivity contribution < 1.29 is 4.21 Å². The van der Waals surface area contributed by atoms with Crippen LogP contribution >= 0.6 is 0 Å². The molecule has 0 aliphatic heterocycles. The summed E-state index contributed by atoms with van der Waals surface area (Å²) in [5, 5.41) is 8.60. The first kappa shape index (κ1) is 13.7. The zero-order valence-corrected chi connectivity index (χ0v) is 11.2. The maximum absolute atomic E-state index is 11.9. The molecular formula is C11H16N4OS. The summed E-state index contributed by atoms with van der Waals surface area (Å²) in [7, 11) is -1.16. The average Bonchev–Trinajstić information content (AvgIpc) is 2.27. The van der Waals surface area contributed by atoms with Crippen molar-refractivity contribution in [1.29, 1.82) is 5.26 Å². The second-order valence-corrected chi connectivity index (χ2v) is 6.66. The first-order chi connectivity index (χ1) is 7.84. The fourth-order valence-corrected chi connectivity index (χ4v) is 1.81. The van der Waals surface area contributed by atoms with Gasteiger partial charge in [0, 0.05) is 0 Å². The van der Waals surface area contributed by atoms with Crippen LogP contribution in [0, 0.1) is 11.3 Å². The lowest BCUT2D eigenvalue weighted by molar-refractivity contribution is 0.610. The highest BCUT2D eigenvalue weighted by molar-refractivity contribution is 7.84. The monoisotopic (exact) mass is 252 g/mol. The number of rotatable bonds is 3. The third-order valence-corrected chi connectivity index (χ3v) is 3.75. The van der Waals surface area contributed by atoms with Crippen LogP contribution in [0.15, 0.2) is 12.4 Å². The summed E-state index contributed by atoms with van der Waals surface area (Å²) in [6, 6.07) is 1.73. The molecule has 0 aliphatic carbocycles. The van der Waals surface area contributed by atoms with Crippen LogP contribution in [0.25, 0.3) is 0 Å². The summed E-state index contributed by atoms with van der Waals surface area (Å²) in [5.41, 5.74) is 0.944. The highest BCUT2D eigenvalue weighted by atomic mass is 32.2. The molecule has 2 atom stereocenters. The minimum Gasteiger partial charge on any atom is -0.255 e. The van der Waals surface area contributed by atoms with E-state index in [0.29, 0.717) is 5.69 Å². The Labute approximate surface area is 104 Å². The van der Waals surface area contributed by atoms with E-state index in [1.165, 1.54) is 12.4 Å². The molecule has 0 radical (unpaired) electrons. The van der Waals surface area contributed by atoms with Crippen molar-refractivity contribution in [3.05, 3.63) is 23.8 Å². The third-order valence-electron chi connectivity index (χ3n) is 2.07. The van der Waals surface area contributed by atoms with Crippen molar-refractivity contribution in [2.24, 2.45) is 0 Å². The predicted molar refractivity (Wildman–Crippen MR) is 66.2 cm³/mol. The Morgan fingerprint density at radius 3 is 2.47 bits per heavy atom. The molecule has 0 bridgehead atoms. The molecule has 0 amide bonds. The Morgan fingerprint density at radius 2 is 2.06 bits per heavy atom. The number of hydrogen-bond donors (Lipinski definition) is 1. The molecular weight excluding hydrogens is 236 g/mol. The van der Waals surface area contributed by atoms with Gasteiger partial charge in [0.1, 0.15) is 6.07 Å². The van der Waals surface area contributed by atoms with E-state index >= 15 is 0 Å². The normalized spacial score (nSPS) is 15.0. The molecule has 0 aromatic carbocycles. The van der Waals surface area contributed by atoms with Gasteiger partial charge in [-0.25, -0.2) is 13.9 Å². The van der Waals surface area contributed by atoms with Crippen LogP contribution in [0.2, 0.25) is 0 Å². The molecule has 92 valence electrons. The second-order valence-electron chi connectivity index (χ2n) is 4.66. The number of aromatic nitrogens is 2. The largest absolute Gasteiger partial charge is 0.255 e. The zero-order valence-electron chi connectivity index (χ0n) is 10.4. The van der Waals surface area contributed by atoms with Gasteiger partial charge in [-0.3, -0.25) is 4.98 Å². The lowest BCUT2D eigenvalue weighted by atomic mass is 10.2. The Kier molecular flexibility index (Phi) is 4.32. The third kappa shape index (κ3) is 3.88. The van der Waals surface area contributed by atoms with E-state index in [9.17, 15) is 4.21 Å². The molecule has 0 saturated heterocycles. The van der Waals surface area contributed by atoms with Crippen LogP contribution in [0.5, 0.6) is 0 Å². The van der Waals surface area contributed by atoms with Gasteiger partial charge in [0.15, 0.2) is 5.69 Å². The summed E-state index contributed by atoms with van der Waals surface area (Å²) >= 11 is 0. The van der Waals surface area contributed by atoms with Crippen LogP contribution in [0.4, 0.5) is 0 Å². The van der Waals surface area contributed by atoms with Crippen molar-refractivity contribution >= 4 is 11.0 Å². The van der Waals surface area contributed by atoms with E-state index in [1.807, 2.05) is 33.8 Å². The minimum atomic E-state index is -1.16. The zero-order chi connectivity index (χ0) is 13.1. The molecule has 1 rings (SSSR count). The lowest BCUT2D eigenvalue weighted by Gasteiger charge is -2.21. The fraction of sp³-hybridized carbons (Fsp3) is 0.545. The van der Waals surface area contributed by atoms with Gasteiger partial charge in [-0.2, -0.15) is 5.26 Å². The van der Waals surface area contributed by atoms with Crippen molar-refractivity contribution in [3.8, 4) is 6.07 Å². The number of hydrogen-bond acceptors (Lipinski definition) is 4. The van der Waals surface area contributed by atoms with Crippen LogP contribution in [-0.2, 0) is 11.0 Å². The second kappa shape index (κ2) is 5.34. The van der Waals surface area contributed by atoms with E-state index < -0.39 is 11.0 Å². The maximum atomic E-state index is 11.9. The Morgan fingerprint density at radius 1 is 1.41 bits per heavy atom. The Bertz CT molecular complexity index is 444. The van der Waals surface area contributed by atoms with Crippen molar-refractivity contribution in [2.75, 3.05) is 0 Å². The summed E-state index contributed by atoms with van der Waals surface area (Å²) < 4.78 is 14.5. The van der Waals surface area contributed by atoms with Crippen molar-refractivity contribution in [3.63, 3.8) is 0 Å². The first-order valence-corrected chi connectivity index (χ1v) is 6.39. The maximum Gasteiger partial charge on any atom is 0.158 e. The first-order valence-electron chi connectivity index (χ1n) is 5.24. The van der Waals surface area contributed by atoms with Crippen LogP contribution in [0.3, 0.4) is 0 Å². The van der Waals surface area contributed by atoms with E-state index in [4.69, 9.17) is 5.26 Å². The van der Waals surface area contributed by atoms with Gasteiger partial charge < -0.3 is 0 Å². The molecule has 1 heterocycles. The smallest absolute Gasteiger partial charge is 0.158 e. The Balaban J connectivity index is 2.74. The average molecular weight is 252 g/mol. The van der Waals surface area contributed by atoms with Crippen molar-refractivity contribution in [2.45, 2.75) is 38.5 Å². The summed E-state index contributed by atoms with van der Waals surface area (Å²) in [6.07, 6.45) is 2.93. The molecule has 6 heteroatoms. The van der Waals surface area contributed by atoms with Crippen LogP contribution < -0.4 is 4.72 Å². The quantitative estimate of drug-likeness (QED) is 0.883. The van der Waals surface area contributed by atoms with Gasteiger partial charge >= 0.3 is 0 Å². The molecule has 17 heavy (non-hydrogen) atoms. The molecule has 0 saturated carbocycles. The van der Waals surface area contributed by atoms with E-state index in [-0.39, 0.29) is 16.5 Å². The molecule has 0 spiro atoms. The number of nitrogens with zero attached hydrogens (tertiary/aromatic N) is 3. The Hall–Kier alpha value is -1.32. The molecule has 1 aromatic heterocycles. The molecule has 1 N–H and O–H groups in total. The van der Waals surface area contributed by atoms with E-state index in [0.717, 1.165) is 0 Å². The lowest BCUT2D eigenvalue weighted by Crippen LogP contribution is -2.35. The summed E-state index contributed by atoms with van der Waals surface area (Å²) in [4.78, 5) is 8.03. The minimum absolute atomic E-state index is 0.171. The SMILES string of the molecule is C[C@H](N[S@@](=O)C(C)(C)C)c1cnc(C#N)cn1. The van der Waals surface area contributed by atoms with E-state index in [1.54, 1.807) is 0 Å². The summed E-state index contributed by atoms with van der Waals surface area (Å²) in [6.45, 7) is 7.55. The van der Waals surface area contributed by atoms with Crippen molar-refractivity contribution in [1.82, 2.24) is 14.7 Å². The molecule has 5 nitrogen and oxygen atoms in total. The van der Waals surface area contributed by atoms with E-state index in [2.05, 4.69) is 14.7 Å². The predicted octanol–water partition coefficient (Wildman–Crippen LogP) is 1.46. The fourth-order valence-electron chi connectivity index (χ4n) is 1.02. The van der Waals surface area contributed by atoms with Gasteiger partial charge in [-0.1, -0.05) is 0 Å². The molecule has 0 aliphatic rings. The highest BCUT2D eigenvalue weighted by Crippen LogP contribution is 2.14. The molecule has 0 fully saturated rings. The topological polar surface area (TPSA) is 78.7 Å². The summed E-state index contributed by atoms with van der Waals surface area (Å²) in [5.74, 6) is 0. The van der Waals surface area contributed by atoms with Gasteiger partial charge in [0.25, 0.3) is 0 Å². The highest BCUT2D eigenvalue weighted by Gasteiger charge is 2.22. The number of nitriles is 1. The van der Waals surface area contributed by atoms with Gasteiger partial charge in [-0.05, 0) is 27.7 Å².